The van der Waals surface area contributed by atoms with Crippen molar-refractivity contribution in [3.05, 3.63) is 41.4 Å². The lowest BCUT2D eigenvalue weighted by Gasteiger charge is -2.40. The number of carbonyl (C=O) groups is 2. The number of ether oxygens (including phenoxy) is 1. The maximum Gasteiger partial charge on any atom is 0.336 e. The minimum Gasteiger partial charge on any atom is -0.462 e. The zero-order valence-electron chi connectivity index (χ0n) is 15.9. The number of hydrogen-bond donors (Lipinski definition) is 0. The van der Waals surface area contributed by atoms with Crippen molar-refractivity contribution < 1.29 is 14.3 Å². The zero-order valence-corrected chi connectivity index (χ0v) is 15.9. The van der Waals surface area contributed by atoms with Gasteiger partial charge in [-0.2, -0.15) is 0 Å². The van der Waals surface area contributed by atoms with Gasteiger partial charge in [0.25, 0.3) is 0 Å². The summed E-state index contributed by atoms with van der Waals surface area (Å²) in [5, 5.41) is 0. The molecule has 0 amide bonds. The Hall–Kier alpha value is -2.30. The Morgan fingerprint density at radius 2 is 2.08 bits per heavy atom. The summed E-state index contributed by atoms with van der Waals surface area (Å²) in [6.07, 6.45) is 5.43. The topological polar surface area (TPSA) is 68.6 Å². The molecule has 0 saturated heterocycles. The summed E-state index contributed by atoms with van der Waals surface area (Å²) in [7, 11) is 0. The lowest BCUT2D eigenvalue weighted by atomic mass is 9.63. The number of fused-ring (bicyclic) bond motifs is 1. The smallest absolute Gasteiger partial charge is 0.336 e. The Labute approximate surface area is 154 Å². The number of hydrogen-bond acceptors (Lipinski definition) is 5. The first-order valence-electron chi connectivity index (χ1n) is 9.22. The molecule has 1 aliphatic carbocycles. The van der Waals surface area contributed by atoms with Gasteiger partial charge in [0.2, 0.25) is 0 Å². The molecule has 2 aliphatic rings. The van der Waals surface area contributed by atoms with Gasteiger partial charge in [-0.25, -0.2) is 4.79 Å². The second kappa shape index (κ2) is 7.14. The van der Waals surface area contributed by atoms with Crippen LogP contribution in [0.15, 0.2) is 40.8 Å². The van der Waals surface area contributed by atoms with E-state index in [1.54, 1.807) is 12.4 Å². The van der Waals surface area contributed by atoms with E-state index >= 15 is 0 Å². The van der Waals surface area contributed by atoms with E-state index in [0.29, 0.717) is 24.3 Å². The minimum absolute atomic E-state index is 0.105. The van der Waals surface area contributed by atoms with Crippen molar-refractivity contribution in [3.63, 3.8) is 0 Å². The van der Waals surface area contributed by atoms with Crippen LogP contribution in [0.2, 0.25) is 0 Å². The lowest BCUT2D eigenvalue weighted by molar-refractivity contribution is -0.139. The van der Waals surface area contributed by atoms with E-state index in [9.17, 15) is 9.59 Å². The van der Waals surface area contributed by atoms with Crippen molar-refractivity contribution in [2.45, 2.75) is 52.9 Å². The summed E-state index contributed by atoms with van der Waals surface area (Å²) in [6, 6.07) is 3.76. The number of Topliss-reactive ketones (excluding diaryl/α,β-unsaturated/α-hetero) is 1. The highest BCUT2D eigenvalue weighted by Gasteiger charge is 2.47. The highest BCUT2D eigenvalue weighted by molar-refractivity contribution is 6.12. The molecule has 5 heteroatoms. The van der Waals surface area contributed by atoms with Crippen molar-refractivity contribution in [1.29, 1.82) is 0 Å². The lowest BCUT2D eigenvalue weighted by Crippen LogP contribution is -2.44. The van der Waals surface area contributed by atoms with E-state index in [4.69, 9.17) is 9.73 Å². The van der Waals surface area contributed by atoms with Gasteiger partial charge in [-0.3, -0.25) is 14.8 Å². The van der Waals surface area contributed by atoms with Crippen molar-refractivity contribution in [2.75, 3.05) is 6.61 Å². The SMILES string of the molecule is CCCOC(=O)C1=C(C)N=C2CC(C)(C)CC(=O)[C@@H]2[C@@H]1c1cccnc1. The molecular formula is C21H26N2O3. The molecule has 5 nitrogen and oxygen atoms in total. The Balaban J connectivity index is 2.11. The van der Waals surface area contributed by atoms with Crippen molar-refractivity contribution >= 4 is 17.5 Å². The second-order valence-corrected chi connectivity index (χ2v) is 7.96. The number of aliphatic imine (C=N–C) groups is 1. The molecule has 3 rings (SSSR count). The van der Waals surface area contributed by atoms with Crippen LogP contribution in [0, 0.1) is 11.3 Å². The van der Waals surface area contributed by atoms with E-state index in [-0.39, 0.29) is 23.1 Å². The van der Waals surface area contributed by atoms with Gasteiger partial charge in [-0.15, -0.1) is 0 Å². The van der Waals surface area contributed by atoms with E-state index in [0.717, 1.165) is 24.1 Å². The quantitative estimate of drug-likeness (QED) is 0.770. The van der Waals surface area contributed by atoms with Gasteiger partial charge >= 0.3 is 5.97 Å². The predicted octanol–water partition coefficient (Wildman–Crippen LogP) is 3.85. The number of ketones is 1. The molecule has 0 aromatic carbocycles. The first kappa shape index (κ1) is 18.5. The molecule has 1 aromatic heterocycles. The average Bonchev–Trinajstić information content (AvgIpc) is 2.58. The molecule has 138 valence electrons. The summed E-state index contributed by atoms with van der Waals surface area (Å²) in [5.74, 6) is -1.01. The third kappa shape index (κ3) is 3.48. The zero-order chi connectivity index (χ0) is 18.9. The van der Waals surface area contributed by atoms with Gasteiger partial charge in [0.15, 0.2) is 0 Å². The fraction of sp³-hybridized carbons (Fsp3) is 0.524. The molecule has 0 unspecified atom stereocenters. The largest absolute Gasteiger partial charge is 0.462 e. The molecule has 1 fully saturated rings. The predicted molar refractivity (Wildman–Crippen MR) is 99.9 cm³/mol. The first-order valence-corrected chi connectivity index (χ1v) is 9.22. The number of carbonyl (C=O) groups excluding carboxylic acids is 2. The van der Waals surface area contributed by atoms with Crippen LogP contribution >= 0.6 is 0 Å². The molecule has 2 heterocycles. The molecule has 0 radical (unpaired) electrons. The number of rotatable bonds is 4. The van der Waals surface area contributed by atoms with Crippen molar-refractivity contribution in [2.24, 2.45) is 16.3 Å². The fourth-order valence-electron chi connectivity index (χ4n) is 4.05. The van der Waals surface area contributed by atoms with Gasteiger partial charge in [-0.1, -0.05) is 26.8 Å². The Kier molecular flexibility index (Phi) is 5.08. The number of esters is 1. The highest BCUT2D eigenvalue weighted by Crippen LogP contribution is 2.46. The van der Waals surface area contributed by atoms with Gasteiger partial charge < -0.3 is 4.74 Å². The van der Waals surface area contributed by atoms with Crippen LogP contribution < -0.4 is 0 Å². The maximum absolute atomic E-state index is 13.0. The molecule has 1 aliphatic heterocycles. The van der Waals surface area contributed by atoms with Crippen LogP contribution in [0.4, 0.5) is 0 Å². The van der Waals surface area contributed by atoms with Gasteiger partial charge in [0.1, 0.15) is 5.78 Å². The van der Waals surface area contributed by atoms with Gasteiger partial charge in [0, 0.05) is 36.1 Å². The third-order valence-electron chi connectivity index (χ3n) is 5.06. The number of pyridine rings is 1. The summed E-state index contributed by atoms with van der Waals surface area (Å²) in [5.41, 5.74) is 2.78. The van der Waals surface area contributed by atoms with Crippen molar-refractivity contribution in [1.82, 2.24) is 4.98 Å². The molecule has 2 atom stereocenters. The number of allylic oxidation sites excluding steroid dienone is 1. The van der Waals surface area contributed by atoms with Crippen LogP contribution in [0.25, 0.3) is 0 Å². The van der Waals surface area contributed by atoms with E-state index in [1.165, 1.54) is 0 Å². The Morgan fingerprint density at radius 3 is 2.73 bits per heavy atom. The molecule has 26 heavy (non-hydrogen) atoms. The summed E-state index contributed by atoms with van der Waals surface area (Å²) in [4.78, 5) is 34.7. The molecule has 0 N–H and O–H groups in total. The van der Waals surface area contributed by atoms with E-state index in [1.807, 2.05) is 26.0 Å². The van der Waals surface area contributed by atoms with Crippen LogP contribution in [-0.4, -0.2) is 29.1 Å². The van der Waals surface area contributed by atoms with E-state index in [2.05, 4.69) is 18.8 Å². The Morgan fingerprint density at radius 1 is 1.31 bits per heavy atom. The molecule has 1 saturated carbocycles. The first-order chi connectivity index (χ1) is 12.3. The van der Waals surface area contributed by atoms with Gasteiger partial charge in [0.05, 0.1) is 18.1 Å². The molecule has 0 bridgehead atoms. The average molecular weight is 354 g/mol. The Bertz CT molecular complexity index is 778. The fourth-order valence-corrected chi connectivity index (χ4v) is 4.05. The monoisotopic (exact) mass is 354 g/mol. The molecular weight excluding hydrogens is 328 g/mol. The molecule has 0 spiro atoms. The number of nitrogens with zero attached hydrogens (tertiary/aromatic N) is 2. The van der Waals surface area contributed by atoms with Gasteiger partial charge in [-0.05, 0) is 36.8 Å². The van der Waals surface area contributed by atoms with E-state index < -0.39 is 5.92 Å². The van der Waals surface area contributed by atoms with Crippen LogP contribution in [0.5, 0.6) is 0 Å². The standard InChI is InChI=1S/C21H26N2O3/c1-5-9-26-20(25)17-13(2)23-15-10-21(3,4)11-16(24)19(15)18(17)14-7-6-8-22-12-14/h6-8,12,18-19H,5,9-11H2,1-4H3/t18-,19-/m1/s1. The number of aromatic nitrogens is 1. The highest BCUT2D eigenvalue weighted by atomic mass is 16.5. The summed E-state index contributed by atoms with van der Waals surface area (Å²) < 4.78 is 5.41. The summed E-state index contributed by atoms with van der Waals surface area (Å²) in [6.45, 7) is 8.33. The van der Waals surface area contributed by atoms with Crippen molar-refractivity contribution in [3.8, 4) is 0 Å². The minimum atomic E-state index is -0.403. The summed E-state index contributed by atoms with van der Waals surface area (Å²) >= 11 is 0. The second-order valence-electron chi connectivity index (χ2n) is 7.96. The normalized spacial score (nSPS) is 24.8. The third-order valence-corrected chi connectivity index (χ3v) is 5.06. The maximum atomic E-state index is 13.0. The van der Waals surface area contributed by atoms with Crippen LogP contribution in [0.3, 0.4) is 0 Å². The van der Waals surface area contributed by atoms with Crippen LogP contribution in [-0.2, 0) is 14.3 Å². The molecule has 1 aromatic rings. The van der Waals surface area contributed by atoms with Crippen LogP contribution in [0.1, 0.15) is 58.4 Å².